The van der Waals surface area contributed by atoms with E-state index in [0.29, 0.717) is 0 Å². The van der Waals surface area contributed by atoms with Crippen molar-refractivity contribution in [2.24, 2.45) is 5.92 Å². The molecule has 0 amide bonds. The van der Waals surface area contributed by atoms with Gasteiger partial charge in [0.05, 0.1) is 20.6 Å². The van der Waals surface area contributed by atoms with Crippen LogP contribution in [0.2, 0.25) is 0 Å². The highest BCUT2D eigenvalue weighted by atomic mass is 15.5. The van der Waals surface area contributed by atoms with Crippen LogP contribution in [-0.4, -0.2) is 49.3 Å². The summed E-state index contributed by atoms with van der Waals surface area (Å²) >= 11 is 0. The zero-order chi connectivity index (χ0) is 10.1. The molecule has 0 aromatic rings. The first-order valence-corrected chi connectivity index (χ1v) is 5.50. The van der Waals surface area contributed by atoms with Gasteiger partial charge in [-0.2, -0.15) is 0 Å². The summed E-state index contributed by atoms with van der Waals surface area (Å²) in [5.74, 6) is 0.801. The van der Waals surface area contributed by atoms with Gasteiger partial charge < -0.3 is 4.48 Å². The lowest BCUT2D eigenvalue weighted by atomic mass is 10.2. The minimum absolute atomic E-state index is 0.801. The molecular weight excluding hydrogens is 160 g/mol. The second kappa shape index (κ2) is 3.97. The smallest absolute Gasteiger partial charge is 0.135 e. The van der Waals surface area contributed by atoms with Gasteiger partial charge in [0.25, 0.3) is 0 Å². The third-order valence-electron chi connectivity index (χ3n) is 3.12. The molecule has 2 nitrogen and oxygen atoms in total. The van der Waals surface area contributed by atoms with Crippen LogP contribution in [0.25, 0.3) is 0 Å². The minimum Gasteiger partial charge on any atom is -0.312 e. The lowest BCUT2D eigenvalue weighted by molar-refractivity contribution is -0.905. The molecule has 0 aromatic carbocycles. The standard InChI is InChI=1S/C11H25N2/c1-6-11-8-12(7-10(2)3)9-13(11,4)5/h10-11H,6-9H2,1-5H3/q+1. The lowest BCUT2D eigenvalue weighted by Crippen LogP contribution is -2.45. The van der Waals surface area contributed by atoms with Crippen LogP contribution in [-0.2, 0) is 0 Å². The van der Waals surface area contributed by atoms with Gasteiger partial charge in [-0.25, -0.2) is 0 Å². The van der Waals surface area contributed by atoms with Crippen LogP contribution >= 0.6 is 0 Å². The maximum Gasteiger partial charge on any atom is 0.135 e. The van der Waals surface area contributed by atoms with E-state index in [-0.39, 0.29) is 0 Å². The normalized spacial score (nSPS) is 28.6. The van der Waals surface area contributed by atoms with Crippen LogP contribution < -0.4 is 0 Å². The van der Waals surface area contributed by atoms with Gasteiger partial charge in [0, 0.05) is 6.54 Å². The largest absolute Gasteiger partial charge is 0.312 e. The summed E-state index contributed by atoms with van der Waals surface area (Å²) in [6.07, 6.45) is 1.31. The summed E-state index contributed by atoms with van der Waals surface area (Å²) < 4.78 is 1.18. The summed E-state index contributed by atoms with van der Waals surface area (Å²) in [6.45, 7) is 10.7. The Kier molecular flexibility index (Phi) is 3.36. The van der Waals surface area contributed by atoms with Crippen LogP contribution in [0, 0.1) is 5.92 Å². The van der Waals surface area contributed by atoms with E-state index in [1.807, 2.05) is 0 Å². The number of hydrogen-bond acceptors (Lipinski definition) is 1. The van der Waals surface area contributed by atoms with E-state index in [0.717, 1.165) is 12.0 Å². The van der Waals surface area contributed by atoms with Crippen molar-refractivity contribution in [3.63, 3.8) is 0 Å². The lowest BCUT2D eigenvalue weighted by Gasteiger charge is -2.30. The van der Waals surface area contributed by atoms with Gasteiger partial charge in [-0.1, -0.05) is 20.8 Å². The molecule has 1 heterocycles. The SMILES string of the molecule is CCC1CN(CC(C)C)C[N+]1(C)C. The third kappa shape index (κ3) is 2.68. The summed E-state index contributed by atoms with van der Waals surface area (Å²) in [5, 5.41) is 0. The highest BCUT2D eigenvalue weighted by Gasteiger charge is 2.37. The molecule has 78 valence electrons. The topological polar surface area (TPSA) is 3.24 Å². The van der Waals surface area contributed by atoms with E-state index < -0.39 is 0 Å². The fourth-order valence-electron chi connectivity index (χ4n) is 2.48. The molecule has 0 aliphatic carbocycles. The Bertz CT molecular complexity index is 163. The fraction of sp³-hybridized carbons (Fsp3) is 1.00. The summed E-state index contributed by atoms with van der Waals surface area (Å²) in [5.41, 5.74) is 0. The Balaban J connectivity index is 2.49. The molecule has 13 heavy (non-hydrogen) atoms. The Morgan fingerprint density at radius 1 is 1.38 bits per heavy atom. The van der Waals surface area contributed by atoms with Crippen molar-refractivity contribution in [1.29, 1.82) is 0 Å². The fourth-order valence-corrected chi connectivity index (χ4v) is 2.48. The molecule has 2 heteroatoms. The van der Waals surface area contributed by atoms with Gasteiger partial charge in [0.15, 0.2) is 0 Å². The molecule has 1 aliphatic heterocycles. The quantitative estimate of drug-likeness (QED) is 0.606. The van der Waals surface area contributed by atoms with Crippen LogP contribution in [0.5, 0.6) is 0 Å². The number of likely N-dealkylation sites (N-methyl/N-ethyl adjacent to an activating group) is 1. The average Bonchev–Trinajstić information content (AvgIpc) is 2.23. The second-order valence-electron chi connectivity index (χ2n) is 5.41. The predicted molar refractivity (Wildman–Crippen MR) is 57.5 cm³/mol. The zero-order valence-corrected chi connectivity index (χ0v) is 9.88. The number of hydrogen-bond donors (Lipinski definition) is 0. The van der Waals surface area contributed by atoms with Crippen molar-refractivity contribution in [3.05, 3.63) is 0 Å². The Labute approximate surface area is 83.1 Å². The van der Waals surface area contributed by atoms with E-state index in [1.54, 1.807) is 0 Å². The summed E-state index contributed by atoms with van der Waals surface area (Å²) in [6, 6.07) is 0.846. The first kappa shape index (κ1) is 11.0. The van der Waals surface area contributed by atoms with E-state index in [9.17, 15) is 0 Å². The molecule has 0 N–H and O–H groups in total. The van der Waals surface area contributed by atoms with Crippen molar-refractivity contribution in [2.45, 2.75) is 33.2 Å². The summed E-state index contributed by atoms with van der Waals surface area (Å²) in [4.78, 5) is 2.61. The van der Waals surface area contributed by atoms with Gasteiger partial charge in [-0.05, 0) is 12.3 Å². The van der Waals surface area contributed by atoms with Gasteiger partial charge in [0.2, 0.25) is 0 Å². The highest BCUT2D eigenvalue weighted by Crippen LogP contribution is 2.21. The molecule has 1 rings (SSSR count). The first-order chi connectivity index (χ1) is 5.95. The van der Waals surface area contributed by atoms with Crippen molar-refractivity contribution in [2.75, 3.05) is 33.9 Å². The maximum atomic E-state index is 2.61. The monoisotopic (exact) mass is 185 g/mol. The average molecular weight is 185 g/mol. The van der Waals surface area contributed by atoms with E-state index in [2.05, 4.69) is 39.8 Å². The molecule has 1 fully saturated rings. The molecule has 1 saturated heterocycles. The minimum atomic E-state index is 0.801. The van der Waals surface area contributed by atoms with E-state index in [4.69, 9.17) is 0 Å². The van der Waals surface area contributed by atoms with Crippen LogP contribution in [0.4, 0.5) is 0 Å². The Morgan fingerprint density at radius 2 is 2.00 bits per heavy atom. The third-order valence-corrected chi connectivity index (χ3v) is 3.12. The number of rotatable bonds is 3. The first-order valence-electron chi connectivity index (χ1n) is 5.50. The van der Waals surface area contributed by atoms with Gasteiger partial charge in [-0.15, -0.1) is 0 Å². The van der Waals surface area contributed by atoms with Crippen molar-refractivity contribution >= 4 is 0 Å². The predicted octanol–water partition coefficient (Wildman–Crippen LogP) is 1.77. The molecule has 0 bridgehead atoms. The zero-order valence-electron chi connectivity index (χ0n) is 9.88. The van der Waals surface area contributed by atoms with E-state index >= 15 is 0 Å². The van der Waals surface area contributed by atoms with Crippen LogP contribution in [0.3, 0.4) is 0 Å². The van der Waals surface area contributed by atoms with Crippen LogP contribution in [0.1, 0.15) is 27.2 Å². The maximum absolute atomic E-state index is 2.61. The molecule has 1 atom stereocenters. The van der Waals surface area contributed by atoms with E-state index in [1.165, 1.54) is 30.7 Å². The van der Waals surface area contributed by atoms with Crippen molar-refractivity contribution in [1.82, 2.24) is 4.90 Å². The van der Waals surface area contributed by atoms with Crippen molar-refractivity contribution < 1.29 is 4.48 Å². The molecule has 0 saturated carbocycles. The van der Waals surface area contributed by atoms with Gasteiger partial charge in [-0.3, -0.25) is 4.90 Å². The summed E-state index contributed by atoms with van der Waals surface area (Å²) in [7, 11) is 4.71. The number of quaternary nitrogens is 1. The van der Waals surface area contributed by atoms with Crippen LogP contribution in [0.15, 0.2) is 0 Å². The number of nitrogens with zero attached hydrogens (tertiary/aromatic N) is 2. The van der Waals surface area contributed by atoms with Gasteiger partial charge >= 0.3 is 0 Å². The van der Waals surface area contributed by atoms with Gasteiger partial charge in [0.1, 0.15) is 12.7 Å². The highest BCUT2D eigenvalue weighted by molar-refractivity contribution is 4.70. The molecule has 1 aliphatic rings. The molecule has 0 spiro atoms. The molecule has 0 aromatic heterocycles. The second-order valence-corrected chi connectivity index (χ2v) is 5.41. The molecular formula is C11H25N2+. The molecule has 0 radical (unpaired) electrons. The molecule has 1 unspecified atom stereocenters. The van der Waals surface area contributed by atoms with Crippen molar-refractivity contribution in [3.8, 4) is 0 Å². The Morgan fingerprint density at radius 3 is 2.38 bits per heavy atom. The Hall–Kier alpha value is -0.0800.